The van der Waals surface area contributed by atoms with Gasteiger partial charge in [0, 0.05) is 0 Å². The quantitative estimate of drug-likeness (QED) is 0.293. The van der Waals surface area contributed by atoms with Crippen LogP contribution in [0.3, 0.4) is 0 Å². The maximum atomic E-state index is 10.3. The number of ether oxygens (including phenoxy) is 2. The number of carbonyl (C=O) groups excluding carboxylic acids is 1. The predicted octanol–water partition coefficient (Wildman–Crippen LogP) is 0.543. The van der Waals surface area contributed by atoms with Crippen LogP contribution in [0.15, 0.2) is 0 Å². The minimum atomic E-state index is -1.83. The van der Waals surface area contributed by atoms with Gasteiger partial charge < -0.3 is 24.8 Å². The molecule has 0 unspecified atom stereocenters. The summed E-state index contributed by atoms with van der Waals surface area (Å²) in [4.78, 5) is 28.6. The van der Waals surface area contributed by atoms with E-state index in [-0.39, 0.29) is 65.7 Å². The van der Waals surface area contributed by atoms with E-state index in [0.29, 0.717) is 6.42 Å². The van der Waals surface area contributed by atoms with Crippen molar-refractivity contribution in [1.29, 1.82) is 0 Å². The van der Waals surface area contributed by atoms with E-state index in [1.165, 1.54) is 0 Å². The minimum absolute atomic E-state index is 0. The number of unbranched alkanes of at least 4 members (excludes halogenated alkanes) is 1. The molecule has 0 aliphatic heterocycles. The van der Waals surface area contributed by atoms with Crippen molar-refractivity contribution in [3.8, 4) is 0 Å². The van der Waals surface area contributed by atoms with Gasteiger partial charge >= 0.3 is 77.6 Å². The Hall–Kier alpha value is 0.0100. The summed E-state index contributed by atoms with van der Waals surface area (Å²) in [6.45, 7) is 2.12. The summed E-state index contributed by atoms with van der Waals surface area (Å²) < 4.78 is 8.00. The summed E-state index contributed by atoms with van der Waals surface area (Å²) in [5, 5.41) is 21.9. The van der Waals surface area contributed by atoms with Gasteiger partial charge in [-0.2, -0.15) is 0 Å². The molecule has 0 aliphatic rings. The molecule has 0 rings (SSSR count). The predicted molar refractivity (Wildman–Crippen MR) is 60.3 cm³/mol. The molecule has 8 nitrogen and oxygen atoms in total. The van der Waals surface area contributed by atoms with Gasteiger partial charge in [0.05, 0.1) is 6.61 Å². The summed E-state index contributed by atoms with van der Waals surface area (Å²) in [6.07, 6.45) is -3.06. The fraction of sp³-hybridized carbons (Fsp3) is 0.571. The van der Waals surface area contributed by atoms with Crippen LogP contribution < -0.4 is 0 Å². The van der Waals surface area contributed by atoms with Crippen molar-refractivity contribution in [2.45, 2.75) is 19.8 Å². The second kappa shape index (κ2) is 18.4. The summed E-state index contributed by atoms with van der Waals surface area (Å²) in [5.74, 6) is 0. The first-order valence-corrected chi connectivity index (χ1v) is 3.89. The molecule has 0 heterocycles. The molecule has 92 valence electrons. The fourth-order valence-electron chi connectivity index (χ4n) is 0.401. The summed E-state index contributed by atoms with van der Waals surface area (Å²) in [6, 6.07) is 0. The van der Waals surface area contributed by atoms with E-state index in [1.54, 1.807) is 0 Å². The summed E-state index contributed by atoms with van der Waals surface area (Å²) in [7, 11) is 0. The molecule has 0 radical (unpaired) electrons. The van der Waals surface area contributed by atoms with Crippen molar-refractivity contribution in [3.05, 3.63) is 0 Å². The normalized spacial score (nSPS) is 7.12. The first-order valence-electron chi connectivity index (χ1n) is 3.89. The van der Waals surface area contributed by atoms with E-state index in [1.807, 2.05) is 6.92 Å². The second-order valence-electron chi connectivity index (χ2n) is 2.10. The van der Waals surface area contributed by atoms with Crippen molar-refractivity contribution >= 4 is 77.6 Å². The third kappa shape index (κ3) is 38.7. The molecule has 3 N–H and O–H groups in total. The number of rotatable bonds is 3. The standard InChI is InChI=1S/C6H10O5.CH2O3.2Na.2H/c1-2-3-4-10-6(9)11-5(7)8;2-1(3)4;;;;/h2-4H2,1H3,(H,7,8);(H2,2,3,4);;;;. The molecular formula is C7H14Na2O8. The van der Waals surface area contributed by atoms with E-state index in [2.05, 4.69) is 9.47 Å². The molecule has 0 amide bonds. The van der Waals surface area contributed by atoms with Crippen molar-refractivity contribution in [1.82, 2.24) is 0 Å². The van der Waals surface area contributed by atoms with Gasteiger partial charge in [0.25, 0.3) is 0 Å². The van der Waals surface area contributed by atoms with Gasteiger partial charge in [-0.1, -0.05) is 13.3 Å². The van der Waals surface area contributed by atoms with Crippen molar-refractivity contribution < 1.29 is 39.2 Å². The van der Waals surface area contributed by atoms with Gasteiger partial charge in [-0.15, -0.1) is 0 Å². The Morgan fingerprint density at radius 3 is 1.76 bits per heavy atom. The first kappa shape index (κ1) is 25.8. The molecule has 10 heteroatoms. The van der Waals surface area contributed by atoms with Crippen LogP contribution in [0.25, 0.3) is 0 Å². The van der Waals surface area contributed by atoms with Crippen LogP contribution in [0.2, 0.25) is 0 Å². The van der Waals surface area contributed by atoms with Crippen molar-refractivity contribution in [3.63, 3.8) is 0 Å². The van der Waals surface area contributed by atoms with Gasteiger partial charge in [-0.05, 0) is 6.42 Å². The van der Waals surface area contributed by atoms with Gasteiger partial charge in [-0.25, -0.2) is 14.4 Å². The molecule has 17 heavy (non-hydrogen) atoms. The third-order valence-corrected chi connectivity index (χ3v) is 0.888. The van der Waals surface area contributed by atoms with E-state index in [0.717, 1.165) is 6.42 Å². The molecule has 0 saturated carbocycles. The summed E-state index contributed by atoms with van der Waals surface area (Å²) >= 11 is 0. The van der Waals surface area contributed by atoms with E-state index in [9.17, 15) is 9.59 Å². The Balaban J connectivity index is -0.000000123. The maximum absolute atomic E-state index is 10.3. The van der Waals surface area contributed by atoms with Crippen LogP contribution >= 0.6 is 0 Å². The van der Waals surface area contributed by atoms with Gasteiger partial charge in [0.15, 0.2) is 0 Å². The third-order valence-electron chi connectivity index (χ3n) is 0.888. The molecule has 0 spiro atoms. The molecule has 0 aromatic carbocycles. The van der Waals surface area contributed by atoms with E-state index in [4.69, 9.17) is 20.1 Å². The van der Waals surface area contributed by atoms with Crippen LogP contribution in [0.5, 0.6) is 0 Å². The van der Waals surface area contributed by atoms with Crippen LogP contribution in [-0.4, -0.2) is 99.5 Å². The van der Waals surface area contributed by atoms with Crippen molar-refractivity contribution in [2.24, 2.45) is 0 Å². The van der Waals surface area contributed by atoms with Crippen LogP contribution in [-0.2, 0) is 9.47 Å². The Morgan fingerprint density at radius 2 is 1.47 bits per heavy atom. The average molecular weight is 272 g/mol. The fourth-order valence-corrected chi connectivity index (χ4v) is 0.401. The SMILES string of the molecule is CCCCOC(=O)OC(=O)O.O=C(O)O.[NaH].[NaH]. The monoisotopic (exact) mass is 272 g/mol. The molecule has 0 aromatic rings. The second-order valence-corrected chi connectivity index (χ2v) is 2.10. The first-order chi connectivity index (χ1) is 6.90. The molecule has 0 bridgehead atoms. The Kier molecular flexibility index (Phi) is 27.8. The number of carboxylic acid groups (broad SMARTS) is 3. The van der Waals surface area contributed by atoms with Crippen molar-refractivity contribution in [2.75, 3.05) is 6.61 Å². The molecule has 0 fully saturated rings. The number of hydrogen-bond acceptors (Lipinski definition) is 5. The molecule has 0 atom stereocenters. The molecule has 0 saturated heterocycles. The summed E-state index contributed by atoms with van der Waals surface area (Å²) in [5.41, 5.74) is 0. The van der Waals surface area contributed by atoms with E-state index < -0.39 is 18.5 Å². The molecular weight excluding hydrogens is 258 g/mol. The molecule has 0 aliphatic carbocycles. The van der Waals surface area contributed by atoms with Gasteiger partial charge in [0.2, 0.25) is 0 Å². The van der Waals surface area contributed by atoms with Gasteiger partial charge in [0.1, 0.15) is 0 Å². The zero-order valence-corrected chi connectivity index (χ0v) is 8.00. The zero-order chi connectivity index (χ0) is 12.3. The number of hydrogen-bond donors (Lipinski definition) is 3. The Labute approximate surface area is 142 Å². The van der Waals surface area contributed by atoms with E-state index >= 15 is 0 Å². The molecule has 0 aromatic heterocycles. The Morgan fingerprint density at radius 1 is 1.06 bits per heavy atom. The zero-order valence-electron chi connectivity index (χ0n) is 8.00. The van der Waals surface area contributed by atoms with Crippen LogP contribution in [0, 0.1) is 0 Å². The number of carbonyl (C=O) groups is 3. The topological polar surface area (TPSA) is 130 Å². The van der Waals surface area contributed by atoms with Crippen LogP contribution in [0.4, 0.5) is 14.4 Å². The average Bonchev–Trinajstić information content (AvgIpc) is 2.02. The Bertz CT molecular complexity index is 216. The van der Waals surface area contributed by atoms with Crippen LogP contribution in [0.1, 0.15) is 19.8 Å². The van der Waals surface area contributed by atoms with Gasteiger partial charge in [-0.3, -0.25) is 0 Å².